The number of halogens is 1. The number of rotatable bonds is 4. The Morgan fingerprint density at radius 1 is 1.18 bits per heavy atom. The average molecular weight is 332 g/mol. The first-order valence-corrected chi connectivity index (χ1v) is 8.62. The van der Waals surface area contributed by atoms with Crippen molar-refractivity contribution in [2.24, 2.45) is 0 Å². The number of anilines is 2. The average Bonchev–Trinajstić information content (AvgIpc) is 2.91. The van der Waals surface area contributed by atoms with Gasteiger partial charge in [0, 0.05) is 17.1 Å². The van der Waals surface area contributed by atoms with E-state index in [9.17, 15) is 0 Å². The molecule has 0 aliphatic heterocycles. The maximum atomic E-state index is 6.15. The molecule has 5 heteroatoms. The maximum Gasteiger partial charge on any atom is 0.225 e. The highest BCUT2D eigenvalue weighted by molar-refractivity contribution is 7.18. The van der Waals surface area contributed by atoms with Gasteiger partial charge in [-0.3, -0.25) is 0 Å². The summed E-state index contributed by atoms with van der Waals surface area (Å²) < 4.78 is 0. The second-order valence-electron chi connectivity index (χ2n) is 5.18. The summed E-state index contributed by atoms with van der Waals surface area (Å²) in [5.41, 5.74) is 2.36. The van der Waals surface area contributed by atoms with Gasteiger partial charge in [0.05, 0.1) is 5.39 Å². The Morgan fingerprint density at radius 3 is 2.68 bits per heavy atom. The second-order valence-corrected chi connectivity index (χ2v) is 6.64. The van der Waals surface area contributed by atoms with Crippen molar-refractivity contribution in [1.29, 1.82) is 0 Å². The molecule has 3 nitrogen and oxygen atoms in total. The fourth-order valence-electron chi connectivity index (χ4n) is 2.56. The van der Waals surface area contributed by atoms with Crippen molar-refractivity contribution in [3.05, 3.63) is 46.1 Å². The van der Waals surface area contributed by atoms with Crippen LogP contribution in [0.4, 0.5) is 11.5 Å². The Hall–Kier alpha value is -1.65. The quantitative estimate of drug-likeness (QED) is 0.601. The van der Waals surface area contributed by atoms with Crippen molar-refractivity contribution in [2.45, 2.75) is 27.2 Å². The molecule has 3 aromatic rings. The monoisotopic (exact) mass is 331 g/mol. The van der Waals surface area contributed by atoms with Crippen LogP contribution in [0.1, 0.15) is 24.3 Å². The Kier molecular flexibility index (Phi) is 4.32. The summed E-state index contributed by atoms with van der Waals surface area (Å²) in [6.45, 7) is 7.19. The van der Waals surface area contributed by atoms with Gasteiger partial charge < -0.3 is 4.90 Å². The first-order valence-electron chi connectivity index (χ1n) is 7.42. The van der Waals surface area contributed by atoms with Crippen LogP contribution in [0.3, 0.4) is 0 Å². The molecule has 0 radical (unpaired) electrons. The molecule has 0 atom stereocenters. The highest BCUT2D eigenvalue weighted by atomic mass is 35.5. The summed E-state index contributed by atoms with van der Waals surface area (Å²) in [5.74, 6) is 0.888. The first-order chi connectivity index (χ1) is 10.6. The second kappa shape index (κ2) is 6.23. The number of benzene rings is 1. The van der Waals surface area contributed by atoms with Crippen LogP contribution < -0.4 is 4.90 Å². The third-order valence-electron chi connectivity index (χ3n) is 3.63. The number of thiophene rings is 1. The predicted octanol–water partition coefficient (Wildman–Crippen LogP) is 5.37. The lowest BCUT2D eigenvalue weighted by atomic mass is 10.2. The lowest BCUT2D eigenvalue weighted by molar-refractivity contribution is 0.990. The van der Waals surface area contributed by atoms with Gasteiger partial charge in [-0.2, -0.15) is 4.98 Å². The molecule has 0 aliphatic rings. The van der Waals surface area contributed by atoms with E-state index in [0.717, 1.165) is 34.7 Å². The normalized spacial score (nSPS) is 11.1. The predicted molar refractivity (Wildman–Crippen MR) is 95.7 cm³/mol. The highest BCUT2D eigenvalue weighted by Crippen LogP contribution is 2.35. The zero-order valence-electron chi connectivity index (χ0n) is 12.9. The van der Waals surface area contributed by atoms with Crippen LogP contribution in [0.5, 0.6) is 0 Å². The number of hydrogen-bond donors (Lipinski definition) is 0. The van der Waals surface area contributed by atoms with E-state index >= 15 is 0 Å². The third kappa shape index (κ3) is 2.81. The molecule has 2 heterocycles. The minimum absolute atomic E-state index is 0.304. The van der Waals surface area contributed by atoms with E-state index in [0.29, 0.717) is 5.28 Å². The van der Waals surface area contributed by atoms with Gasteiger partial charge in [0.1, 0.15) is 10.6 Å². The topological polar surface area (TPSA) is 29.0 Å². The molecular weight excluding hydrogens is 314 g/mol. The summed E-state index contributed by atoms with van der Waals surface area (Å²) in [6.07, 6.45) is 0.995. The van der Waals surface area contributed by atoms with Crippen molar-refractivity contribution in [3.8, 4) is 0 Å². The molecule has 22 heavy (non-hydrogen) atoms. The smallest absolute Gasteiger partial charge is 0.225 e. The van der Waals surface area contributed by atoms with Crippen LogP contribution in [-0.2, 0) is 6.42 Å². The molecule has 114 valence electrons. The molecule has 0 fully saturated rings. The lowest BCUT2D eigenvalue weighted by Gasteiger charge is -2.23. The van der Waals surface area contributed by atoms with E-state index in [-0.39, 0.29) is 0 Å². The van der Waals surface area contributed by atoms with E-state index in [1.54, 1.807) is 11.3 Å². The summed E-state index contributed by atoms with van der Waals surface area (Å²) in [7, 11) is 0. The highest BCUT2D eigenvalue weighted by Gasteiger charge is 2.17. The molecule has 0 aliphatic carbocycles. The molecule has 0 amide bonds. The summed E-state index contributed by atoms with van der Waals surface area (Å²) >= 11 is 7.84. The Balaban J connectivity index is 2.19. The molecule has 0 saturated heterocycles. The molecule has 0 saturated carbocycles. The zero-order valence-corrected chi connectivity index (χ0v) is 14.5. The first kappa shape index (κ1) is 15.3. The number of fused-ring (bicyclic) bond motifs is 1. The number of aromatic nitrogens is 2. The van der Waals surface area contributed by atoms with Crippen molar-refractivity contribution < 1.29 is 0 Å². The molecule has 0 spiro atoms. The van der Waals surface area contributed by atoms with Crippen LogP contribution >= 0.6 is 22.9 Å². The standard InChI is InChI=1S/C17H18ClN3S/c1-4-13-10-14-15(19-17(18)20-16(14)22-13)21(5-2)12-8-6-7-11(3)9-12/h6-10H,4-5H2,1-3H3. The largest absolute Gasteiger partial charge is 0.326 e. The molecule has 0 unspecified atom stereocenters. The van der Waals surface area contributed by atoms with Gasteiger partial charge in [0.15, 0.2) is 0 Å². The molecule has 0 N–H and O–H groups in total. The van der Waals surface area contributed by atoms with E-state index in [1.165, 1.54) is 10.4 Å². The number of hydrogen-bond acceptors (Lipinski definition) is 4. The minimum atomic E-state index is 0.304. The Bertz CT molecular complexity index is 813. The Labute approximate surface area is 139 Å². The maximum absolute atomic E-state index is 6.15. The SMILES string of the molecule is CCc1cc2c(N(CC)c3cccc(C)c3)nc(Cl)nc2s1. The molecule has 3 rings (SSSR count). The fourth-order valence-corrected chi connectivity index (χ4v) is 3.74. The van der Waals surface area contributed by atoms with Gasteiger partial charge in [-0.25, -0.2) is 4.98 Å². The van der Waals surface area contributed by atoms with Crippen LogP contribution in [0.2, 0.25) is 5.28 Å². The van der Waals surface area contributed by atoms with Crippen molar-refractivity contribution in [1.82, 2.24) is 9.97 Å². The van der Waals surface area contributed by atoms with Gasteiger partial charge in [-0.05, 0) is 55.6 Å². The van der Waals surface area contributed by atoms with Crippen LogP contribution in [0.15, 0.2) is 30.3 Å². The zero-order chi connectivity index (χ0) is 15.7. The van der Waals surface area contributed by atoms with E-state index in [2.05, 4.69) is 66.0 Å². The minimum Gasteiger partial charge on any atom is -0.326 e. The molecule has 1 aromatic carbocycles. The van der Waals surface area contributed by atoms with Crippen molar-refractivity contribution >= 4 is 44.7 Å². The Morgan fingerprint density at radius 2 is 2.00 bits per heavy atom. The third-order valence-corrected chi connectivity index (χ3v) is 4.97. The van der Waals surface area contributed by atoms with E-state index in [1.807, 2.05) is 0 Å². The summed E-state index contributed by atoms with van der Waals surface area (Å²) in [4.78, 5) is 13.3. The van der Waals surface area contributed by atoms with E-state index < -0.39 is 0 Å². The van der Waals surface area contributed by atoms with Crippen LogP contribution in [-0.4, -0.2) is 16.5 Å². The fraction of sp³-hybridized carbons (Fsp3) is 0.294. The number of aryl methyl sites for hydroxylation is 2. The van der Waals surface area contributed by atoms with Gasteiger partial charge in [-0.1, -0.05) is 19.1 Å². The van der Waals surface area contributed by atoms with Gasteiger partial charge >= 0.3 is 0 Å². The van der Waals surface area contributed by atoms with E-state index in [4.69, 9.17) is 11.6 Å². The summed E-state index contributed by atoms with van der Waals surface area (Å²) in [6, 6.07) is 10.6. The summed E-state index contributed by atoms with van der Waals surface area (Å²) in [5, 5.41) is 1.38. The number of nitrogens with zero attached hydrogens (tertiary/aromatic N) is 3. The van der Waals surface area contributed by atoms with Gasteiger partial charge in [-0.15, -0.1) is 11.3 Å². The van der Waals surface area contributed by atoms with Gasteiger partial charge in [0.2, 0.25) is 5.28 Å². The van der Waals surface area contributed by atoms with Crippen molar-refractivity contribution in [2.75, 3.05) is 11.4 Å². The van der Waals surface area contributed by atoms with Crippen molar-refractivity contribution in [3.63, 3.8) is 0 Å². The van der Waals surface area contributed by atoms with Gasteiger partial charge in [0.25, 0.3) is 0 Å². The van der Waals surface area contributed by atoms with Crippen LogP contribution in [0.25, 0.3) is 10.2 Å². The molecule has 0 bridgehead atoms. The van der Waals surface area contributed by atoms with Crippen LogP contribution in [0, 0.1) is 6.92 Å². The lowest BCUT2D eigenvalue weighted by Crippen LogP contribution is -2.18. The molecular formula is C17H18ClN3S. The molecule has 2 aromatic heterocycles.